The van der Waals surface area contributed by atoms with E-state index in [0.717, 1.165) is 6.42 Å². The van der Waals surface area contributed by atoms with E-state index in [9.17, 15) is 39.9 Å². The zero-order valence-electron chi connectivity index (χ0n) is 25.5. The second-order valence-corrected chi connectivity index (χ2v) is 15.6. The smallest absolute Gasteiger partial charge is 0.343 e. The number of fused-ring (bicyclic) bond motifs is 10. The molecule has 0 aromatic heterocycles. The van der Waals surface area contributed by atoms with Gasteiger partial charge in [-0.05, 0) is 75.2 Å². The maximum atomic E-state index is 14.2. The summed E-state index contributed by atoms with van der Waals surface area (Å²) >= 11 is 0. The Morgan fingerprint density at radius 2 is 1.63 bits per heavy atom. The molecule has 5 saturated carbocycles. The van der Waals surface area contributed by atoms with Crippen molar-refractivity contribution in [1.82, 2.24) is 0 Å². The molecule has 1 heterocycles. The maximum Gasteiger partial charge on any atom is 0.343 e. The number of nitrogens with two attached hydrogens (primary N) is 1. The molecule has 1 aliphatic heterocycles. The minimum Gasteiger partial charge on any atom is -0.459 e. The topological polar surface area (TPSA) is 197 Å². The molecule has 0 radical (unpaired) electrons. The molecule has 11 nitrogen and oxygen atoms in total. The van der Waals surface area contributed by atoms with Gasteiger partial charge in [0, 0.05) is 36.1 Å². The number of hydrogen-bond acceptors (Lipinski definition) is 11. The monoisotopic (exact) mass is 603 g/mol. The second-order valence-electron chi connectivity index (χ2n) is 15.6. The van der Waals surface area contributed by atoms with E-state index in [4.69, 9.17) is 15.2 Å². The molecule has 7 rings (SSSR count). The fraction of sp³-hybridized carbons (Fsp3) is 0.844. The third-order valence-electron chi connectivity index (χ3n) is 14.2. The summed E-state index contributed by atoms with van der Waals surface area (Å²) in [5, 5.41) is 60.7. The summed E-state index contributed by atoms with van der Waals surface area (Å²) in [6.45, 7) is 9.22. The molecule has 2 unspecified atom stereocenters. The predicted molar refractivity (Wildman–Crippen MR) is 148 cm³/mol. The molecule has 0 aromatic carbocycles. The summed E-state index contributed by atoms with van der Waals surface area (Å²) in [6, 6.07) is -0.809. The van der Waals surface area contributed by atoms with Crippen LogP contribution in [0, 0.1) is 69.5 Å². The van der Waals surface area contributed by atoms with Crippen molar-refractivity contribution in [2.75, 3.05) is 0 Å². The highest BCUT2D eigenvalue weighted by atomic mass is 16.6. The fourth-order valence-electron chi connectivity index (χ4n) is 12.2. The van der Waals surface area contributed by atoms with Crippen molar-refractivity contribution < 1.29 is 49.4 Å². The first-order chi connectivity index (χ1) is 19.9. The van der Waals surface area contributed by atoms with Crippen LogP contribution < -0.4 is 5.73 Å². The van der Waals surface area contributed by atoms with Crippen LogP contribution in [0.3, 0.4) is 0 Å². The summed E-state index contributed by atoms with van der Waals surface area (Å²) in [4.78, 5) is 39.9. The van der Waals surface area contributed by atoms with E-state index in [1.807, 2.05) is 13.8 Å². The van der Waals surface area contributed by atoms with Gasteiger partial charge in [0.25, 0.3) is 0 Å². The Balaban J connectivity index is 1.49. The van der Waals surface area contributed by atoms with E-state index in [2.05, 4.69) is 0 Å². The van der Waals surface area contributed by atoms with Crippen LogP contribution in [0.5, 0.6) is 0 Å². The SMILES string of the molecule is CC(=O)O[C@H]1[C@H]2[C@@H]([C@@H](O)[C@@H](N)C3C[C@H]4C[C@@H]4[C@H](O)[C@@]32C)[C@@H]2[C@@H](O)C3[C@H]([C@H](C)C=C4OC(=O)[C@@](C)(O)[C@@]43C)[C@@]2(C(C)=O)[C@H]1O. The number of allylic oxidation sites excluding steroid dienone is 1. The van der Waals surface area contributed by atoms with Crippen molar-refractivity contribution >= 4 is 17.7 Å². The number of ketones is 1. The van der Waals surface area contributed by atoms with Crippen molar-refractivity contribution in [2.24, 2.45) is 75.2 Å². The van der Waals surface area contributed by atoms with E-state index in [0.29, 0.717) is 6.42 Å². The summed E-state index contributed by atoms with van der Waals surface area (Å²) in [7, 11) is 0. The number of esters is 2. The Hall–Kier alpha value is -1.89. The van der Waals surface area contributed by atoms with Crippen LogP contribution in [0.2, 0.25) is 0 Å². The van der Waals surface area contributed by atoms with Crippen molar-refractivity contribution in [3.63, 3.8) is 0 Å². The number of Topliss-reactive ketones (excluding diaryl/α,β-unsaturated/α-hetero) is 1. The lowest BCUT2D eigenvalue weighted by Gasteiger charge is -2.67. The standard InChI is InChI=1S/C32H45NO10/c1-10-7-16-30(5,31(6,41)28(40)43-16)21-18(10)32(11(2)34)19(24(21)37)17-20(25(27(32)39)42-12(3)35)29(4)15(22(33)23(17)36)9-13-8-14(13)26(29)38/h7,10,13-15,17-27,36-39,41H,8-9,33H2,1-6H3/t10-,13-,14+,15?,17+,18+,19-,20-,21?,22+,23-,24-,25+,26+,27+,29+,30+,31-,32-/m1/s1. The fourth-order valence-corrected chi connectivity index (χ4v) is 12.2. The van der Waals surface area contributed by atoms with Gasteiger partial charge in [-0.3, -0.25) is 9.59 Å². The highest BCUT2D eigenvalue weighted by Crippen LogP contribution is 2.76. The minimum atomic E-state index is -2.06. The van der Waals surface area contributed by atoms with Crippen LogP contribution >= 0.6 is 0 Å². The molecule has 0 amide bonds. The van der Waals surface area contributed by atoms with Gasteiger partial charge >= 0.3 is 11.9 Å². The number of aliphatic hydroxyl groups is 5. The number of aliphatic hydroxyl groups excluding tert-OH is 4. The van der Waals surface area contributed by atoms with E-state index >= 15 is 0 Å². The highest BCUT2D eigenvalue weighted by Gasteiger charge is 2.83. The van der Waals surface area contributed by atoms with Crippen LogP contribution in [0.1, 0.15) is 54.4 Å². The van der Waals surface area contributed by atoms with Crippen molar-refractivity contribution in [3.8, 4) is 0 Å². The van der Waals surface area contributed by atoms with Gasteiger partial charge in [-0.2, -0.15) is 0 Å². The van der Waals surface area contributed by atoms with E-state index in [1.54, 1.807) is 13.0 Å². The first-order valence-corrected chi connectivity index (χ1v) is 15.7. The van der Waals surface area contributed by atoms with Gasteiger partial charge < -0.3 is 40.7 Å². The molecule has 19 atom stereocenters. The lowest BCUT2D eigenvalue weighted by Crippen LogP contribution is -2.76. The number of rotatable bonds is 2. The highest BCUT2D eigenvalue weighted by molar-refractivity contribution is 5.87. The molecule has 1 saturated heterocycles. The first-order valence-electron chi connectivity index (χ1n) is 15.7. The van der Waals surface area contributed by atoms with Crippen LogP contribution in [-0.4, -0.2) is 85.4 Å². The first kappa shape index (κ1) is 29.8. The summed E-state index contributed by atoms with van der Waals surface area (Å²) in [6.07, 6.45) is -3.26. The molecule has 7 N–H and O–H groups in total. The van der Waals surface area contributed by atoms with E-state index in [1.165, 1.54) is 20.8 Å². The van der Waals surface area contributed by atoms with Crippen molar-refractivity contribution in [2.45, 2.75) is 96.5 Å². The van der Waals surface area contributed by atoms with Gasteiger partial charge in [0.15, 0.2) is 5.60 Å². The molecule has 6 aliphatic carbocycles. The Morgan fingerprint density at radius 3 is 2.23 bits per heavy atom. The molecule has 7 aliphatic rings. The van der Waals surface area contributed by atoms with Gasteiger partial charge in [-0.1, -0.05) is 13.8 Å². The normalized spacial score (nSPS) is 61.1. The van der Waals surface area contributed by atoms with E-state index in [-0.39, 0.29) is 23.5 Å². The summed E-state index contributed by atoms with van der Waals surface area (Å²) in [5.41, 5.74) is 0.551. The molecular formula is C32H45NO10. The number of ether oxygens (including phenoxy) is 2. The number of carbonyl (C=O) groups excluding carboxylic acids is 3. The van der Waals surface area contributed by atoms with E-state index < -0.39 is 112 Å². The summed E-state index contributed by atoms with van der Waals surface area (Å²) in [5.74, 6) is -7.08. The Morgan fingerprint density at radius 1 is 0.977 bits per heavy atom. The van der Waals surface area contributed by atoms with Gasteiger partial charge in [-0.15, -0.1) is 0 Å². The molecule has 0 aromatic rings. The van der Waals surface area contributed by atoms with Crippen LogP contribution in [0.4, 0.5) is 0 Å². The Kier molecular flexibility index (Phi) is 6.01. The molecule has 6 fully saturated rings. The average molecular weight is 604 g/mol. The summed E-state index contributed by atoms with van der Waals surface area (Å²) < 4.78 is 11.5. The van der Waals surface area contributed by atoms with Crippen LogP contribution in [-0.2, 0) is 23.9 Å². The molecule has 0 bridgehead atoms. The van der Waals surface area contributed by atoms with Crippen molar-refractivity contribution in [3.05, 3.63) is 11.8 Å². The predicted octanol–water partition coefficient (Wildman–Crippen LogP) is -0.104. The Labute approximate surface area is 250 Å². The maximum absolute atomic E-state index is 14.2. The van der Waals surface area contributed by atoms with Crippen LogP contribution in [0.25, 0.3) is 0 Å². The largest absolute Gasteiger partial charge is 0.459 e. The van der Waals surface area contributed by atoms with Gasteiger partial charge in [0.1, 0.15) is 23.8 Å². The quantitative estimate of drug-likeness (QED) is 0.231. The zero-order valence-corrected chi connectivity index (χ0v) is 25.5. The molecule has 0 spiro atoms. The molecule has 11 heteroatoms. The Bertz CT molecular complexity index is 1330. The van der Waals surface area contributed by atoms with Gasteiger partial charge in [0.2, 0.25) is 0 Å². The third kappa shape index (κ3) is 3.10. The lowest BCUT2D eigenvalue weighted by molar-refractivity contribution is -0.280. The minimum absolute atomic E-state index is 0.0116. The number of carbonyl (C=O) groups is 3. The lowest BCUT2D eigenvalue weighted by atomic mass is 9.40. The van der Waals surface area contributed by atoms with Crippen LogP contribution in [0.15, 0.2) is 11.8 Å². The average Bonchev–Trinajstić information content (AvgIpc) is 3.60. The number of hydrogen-bond donors (Lipinski definition) is 6. The van der Waals surface area contributed by atoms with Gasteiger partial charge in [0.05, 0.1) is 29.1 Å². The molecule has 238 valence electrons. The second kappa shape index (κ2) is 8.67. The molecular weight excluding hydrogens is 558 g/mol. The zero-order chi connectivity index (χ0) is 31.5. The van der Waals surface area contributed by atoms with Gasteiger partial charge in [-0.25, -0.2) is 4.79 Å². The third-order valence-corrected chi connectivity index (χ3v) is 14.2. The molecule has 43 heavy (non-hydrogen) atoms. The van der Waals surface area contributed by atoms with Crippen molar-refractivity contribution in [1.29, 1.82) is 0 Å².